The molecule has 0 unspecified atom stereocenters. The minimum absolute atomic E-state index is 0.138. The van der Waals surface area contributed by atoms with Crippen LogP contribution in [0.1, 0.15) is 6.92 Å². The van der Waals surface area contributed by atoms with Gasteiger partial charge in [0, 0.05) is 6.92 Å². The normalized spacial score (nSPS) is 36.3. The van der Waals surface area contributed by atoms with Crippen molar-refractivity contribution in [2.45, 2.75) is 25.2 Å². The topological polar surface area (TPSA) is 78.9 Å². The molecule has 1 aliphatic carbocycles. The first-order valence-electron chi connectivity index (χ1n) is 3.97. The van der Waals surface area contributed by atoms with E-state index < -0.39 is 18.3 Å². The maximum Gasteiger partial charge on any atom is 0.221 e. The number of aliphatic hydroxyl groups is 1. The third-order valence-corrected chi connectivity index (χ3v) is 2.03. The Balaban J connectivity index is 2.17. The Morgan fingerprint density at radius 1 is 1.69 bits per heavy atom. The summed E-state index contributed by atoms with van der Waals surface area (Å²) < 4.78 is 4.91. The molecule has 5 heteroatoms. The molecule has 0 radical (unpaired) electrons. The smallest absolute Gasteiger partial charge is 0.221 e. The van der Waals surface area contributed by atoms with Crippen LogP contribution in [0.2, 0.25) is 0 Å². The number of Topliss-reactive ketones (excluding diaryl/α,β-unsaturated/α-hetero) is 1. The van der Waals surface area contributed by atoms with Crippen molar-refractivity contribution in [3.63, 3.8) is 0 Å². The number of carbonyl (C=O) groups excluding carboxylic acids is 2. The molecule has 0 aromatic heterocycles. The van der Waals surface area contributed by atoms with Crippen molar-refractivity contribution >= 4 is 11.7 Å². The standard InChI is InChI=1S/C8H9NO4/c1-3(10)9-4-2-5(11)7-8(13-7)6(4)12/h2,5,7-8,11H,1H3,(H,9,10)/t5-,7-,8+/m0/s1. The van der Waals surface area contributed by atoms with Crippen molar-refractivity contribution < 1.29 is 19.4 Å². The van der Waals surface area contributed by atoms with E-state index >= 15 is 0 Å². The van der Waals surface area contributed by atoms with Gasteiger partial charge in [-0.1, -0.05) is 0 Å². The van der Waals surface area contributed by atoms with E-state index in [1.54, 1.807) is 0 Å². The molecule has 2 N–H and O–H groups in total. The Hall–Kier alpha value is -1.20. The van der Waals surface area contributed by atoms with Crippen LogP contribution in [0, 0.1) is 0 Å². The highest BCUT2D eigenvalue weighted by Crippen LogP contribution is 2.32. The lowest BCUT2D eigenvalue weighted by Crippen LogP contribution is -2.34. The molecule has 70 valence electrons. The van der Waals surface area contributed by atoms with Gasteiger partial charge in [0.1, 0.15) is 12.2 Å². The van der Waals surface area contributed by atoms with Gasteiger partial charge in [-0.15, -0.1) is 0 Å². The lowest BCUT2D eigenvalue weighted by Gasteiger charge is -2.12. The van der Waals surface area contributed by atoms with E-state index in [1.165, 1.54) is 13.0 Å². The third kappa shape index (κ3) is 1.36. The molecule has 1 fully saturated rings. The molecule has 0 spiro atoms. The van der Waals surface area contributed by atoms with Crippen molar-refractivity contribution in [3.05, 3.63) is 11.8 Å². The van der Waals surface area contributed by atoms with Crippen LogP contribution in [0.15, 0.2) is 11.8 Å². The number of nitrogens with one attached hydrogen (secondary N) is 1. The average Bonchev–Trinajstić information content (AvgIpc) is 2.77. The van der Waals surface area contributed by atoms with Crippen LogP contribution >= 0.6 is 0 Å². The molecule has 5 nitrogen and oxygen atoms in total. The second kappa shape index (κ2) is 2.65. The zero-order chi connectivity index (χ0) is 9.59. The Kier molecular flexibility index (Phi) is 1.71. The second-order valence-corrected chi connectivity index (χ2v) is 3.14. The number of carbonyl (C=O) groups is 2. The Labute approximate surface area is 74.4 Å². The number of amides is 1. The van der Waals surface area contributed by atoms with Crippen LogP contribution in [0.5, 0.6) is 0 Å². The summed E-state index contributed by atoms with van der Waals surface area (Å²) in [6.45, 7) is 1.31. The van der Waals surface area contributed by atoms with E-state index in [4.69, 9.17) is 4.74 Å². The molecule has 1 aliphatic heterocycles. The van der Waals surface area contributed by atoms with Crippen molar-refractivity contribution in [1.29, 1.82) is 0 Å². The van der Waals surface area contributed by atoms with E-state index in [0.717, 1.165) is 0 Å². The van der Waals surface area contributed by atoms with Crippen LogP contribution in [-0.4, -0.2) is 35.1 Å². The van der Waals surface area contributed by atoms with Gasteiger partial charge < -0.3 is 15.2 Å². The number of hydrogen-bond donors (Lipinski definition) is 2. The average molecular weight is 183 g/mol. The quantitative estimate of drug-likeness (QED) is 0.496. The molecule has 0 aromatic carbocycles. The van der Waals surface area contributed by atoms with E-state index in [0.29, 0.717) is 0 Å². The maximum atomic E-state index is 11.3. The van der Waals surface area contributed by atoms with Gasteiger partial charge in [-0.2, -0.15) is 0 Å². The van der Waals surface area contributed by atoms with Gasteiger partial charge in [-0.3, -0.25) is 9.59 Å². The minimum Gasteiger partial charge on any atom is -0.386 e. The number of fused-ring (bicyclic) bond motifs is 1. The molecular formula is C8H9NO4. The predicted molar refractivity (Wildman–Crippen MR) is 41.6 cm³/mol. The molecule has 0 saturated carbocycles. The summed E-state index contributed by atoms with van der Waals surface area (Å²) in [5.74, 6) is -0.587. The largest absolute Gasteiger partial charge is 0.386 e. The zero-order valence-corrected chi connectivity index (χ0v) is 6.98. The Morgan fingerprint density at radius 3 is 3.00 bits per heavy atom. The van der Waals surface area contributed by atoms with Gasteiger partial charge >= 0.3 is 0 Å². The first-order chi connectivity index (χ1) is 6.09. The molecule has 13 heavy (non-hydrogen) atoms. The van der Waals surface area contributed by atoms with Crippen LogP contribution in [0.4, 0.5) is 0 Å². The summed E-state index contributed by atoms with van der Waals surface area (Å²) in [4.78, 5) is 22.0. The van der Waals surface area contributed by atoms with Gasteiger partial charge in [0.15, 0.2) is 6.10 Å². The van der Waals surface area contributed by atoms with E-state index in [1.807, 2.05) is 0 Å². The summed E-state index contributed by atoms with van der Waals surface area (Å²) in [7, 11) is 0. The highest BCUT2D eigenvalue weighted by atomic mass is 16.6. The van der Waals surface area contributed by atoms with Crippen molar-refractivity contribution in [3.8, 4) is 0 Å². The number of epoxide rings is 1. The van der Waals surface area contributed by atoms with Crippen LogP contribution < -0.4 is 5.32 Å². The van der Waals surface area contributed by atoms with E-state index in [-0.39, 0.29) is 17.4 Å². The summed E-state index contributed by atoms with van der Waals surface area (Å²) in [6, 6.07) is 0. The molecule has 1 heterocycles. The minimum atomic E-state index is -0.787. The van der Waals surface area contributed by atoms with Gasteiger partial charge in [-0.05, 0) is 6.08 Å². The van der Waals surface area contributed by atoms with Gasteiger partial charge in [0.05, 0.1) is 5.70 Å². The summed E-state index contributed by atoms with van der Waals surface area (Å²) in [6.07, 6.45) is -0.422. The zero-order valence-electron chi connectivity index (χ0n) is 6.98. The molecule has 0 bridgehead atoms. The number of ether oxygens (including phenoxy) is 1. The molecule has 1 amide bonds. The van der Waals surface area contributed by atoms with Gasteiger partial charge in [-0.25, -0.2) is 0 Å². The maximum absolute atomic E-state index is 11.3. The molecule has 0 aromatic rings. The summed E-state index contributed by atoms with van der Waals surface area (Å²) in [5.41, 5.74) is 0.138. The van der Waals surface area contributed by atoms with Crippen LogP contribution in [-0.2, 0) is 14.3 Å². The number of aliphatic hydroxyl groups excluding tert-OH is 1. The van der Waals surface area contributed by atoms with Crippen molar-refractivity contribution in [2.75, 3.05) is 0 Å². The first kappa shape index (κ1) is 8.40. The molecule has 1 saturated heterocycles. The first-order valence-corrected chi connectivity index (χ1v) is 3.97. The van der Waals surface area contributed by atoms with E-state index in [9.17, 15) is 14.7 Å². The van der Waals surface area contributed by atoms with Crippen molar-refractivity contribution in [1.82, 2.24) is 5.32 Å². The molecule has 3 atom stereocenters. The molecular weight excluding hydrogens is 174 g/mol. The fraction of sp³-hybridized carbons (Fsp3) is 0.500. The fourth-order valence-electron chi connectivity index (χ4n) is 1.39. The molecule has 2 rings (SSSR count). The van der Waals surface area contributed by atoms with E-state index in [2.05, 4.69) is 5.32 Å². The number of rotatable bonds is 1. The lowest BCUT2D eigenvalue weighted by molar-refractivity contribution is -0.122. The predicted octanol–water partition coefficient (Wildman–Crippen LogP) is -1.28. The SMILES string of the molecule is CC(=O)NC1=C[C@H](O)[C@@H]2O[C@@H]2C1=O. The highest BCUT2D eigenvalue weighted by Gasteiger charge is 2.53. The van der Waals surface area contributed by atoms with Crippen LogP contribution in [0.25, 0.3) is 0 Å². The van der Waals surface area contributed by atoms with Crippen molar-refractivity contribution in [2.24, 2.45) is 0 Å². The Bertz CT molecular complexity index is 309. The summed E-state index contributed by atoms with van der Waals surface area (Å²) >= 11 is 0. The highest BCUT2D eigenvalue weighted by molar-refractivity contribution is 6.04. The fourth-order valence-corrected chi connectivity index (χ4v) is 1.39. The summed E-state index contributed by atoms with van der Waals surface area (Å²) in [5, 5.41) is 11.7. The Morgan fingerprint density at radius 2 is 2.38 bits per heavy atom. The monoisotopic (exact) mass is 183 g/mol. The van der Waals surface area contributed by atoms with Crippen LogP contribution in [0.3, 0.4) is 0 Å². The lowest BCUT2D eigenvalue weighted by atomic mass is 10.0. The number of ketones is 1. The molecule has 2 aliphatic rings. The second-order valence-electron chi connectivity index (χ2n) is 3.14. The number of hydrogen-bond acceptors (Lipinski definition) is 4. The van der Waals surface area contributed by atoms with Gasteiger partial charge in [0.25, 0.3) is 0 Å². The third-order valence-electron chi connectivity index (χ3n) is 2.03. The van der Waals surface area contributed by atoms with Gasteiger partial charge in [0.2, 0.25) is 11.7 Å².